The number of benzene rings is 2. The van der Waals surface area contributed by atoms with Crippen LogP contribution in [0.25, 0.3) is 0 Å². The van der Waals surface area contributed by atoms with Crippen LogP contribution in [0.5, 0.6) is 5.75 Å². The van der Waals surface area contributed by atoms with Crippen molar-refractivity contribution in [3.05, 3.63) is 65.5 Å². The Balaban J connectivity index is 1.36. The fourth-order valence-electron chi connectivity index (χ4n) is 3.30. The fourth-order valence-corrected chi connectivity index (χ4v) is 3.30. The topological polar surface area (TPSA) is 50.7 Å². The Morgan fingerprint density at radius 2 is 1.93 bits per heavy atom. The van der Waals surface area contributed by atoms with Gasteiger partial charge in [-0.15, -0.1) is 0 Å². The minimum Gasteiger partial charge on any atom is -0.491 e. The average molecular weight is 373 g/mol. The van der Waals surface area contributed by atoms with E-state index in [4.69, 9.17) is 9.47 Å². The molecule has 5 heteroatoms. The molecule has 2 aromatic carbocycles. The van der Waals surface area contributed by atoms with Gasteiger partial charge < -0.3 is 19.9 Å². The quantitative estimate of drug-likeness (QED) is 0.742. The lowest BCUT2D eigenvalue weighted by atomic mass is 9.92. The monoisotopic (exact) mass is 373 g/mol. The molecule has 3 atom stereocenters. The van der Waals surface area contributed by atoms with E-state index in [9.17, 15) is 9.50 Å². The molecule has 0 aliphatic carbocycles. The summed E-state index contributed by atoms with van der Waals surface area (Å²) in [5.41, 5.74) is 2.20. The van der Waals surface area contributed by atoms with E-state index < -0.39 is 6.10 Å². The molecule has 0 aromatic heterocycles. The second-order valence-corrected chi connectivity index (χ2v) is 7.24. The molecular formula is C22H28FNO3. The van der Waals surface area contributed by atoms with Gasteiger partial charge in [0.05, 0.1) is 6.10 Å². The molecule has 1 heterocycles. The summed E-state index contributed by atoms with van der Waals surface area (Å²) in [5, 5.41) is 13.4. The van der Waals surface area contributed by atoms with Gasteiger partial charge in [-0.2, -0.15) is 0 Å². The third-order valence-corrected chi connectivity index (χ3v) is 4.91. The molecule has 0 bridgehead atoms. The first-order valence-corrected chi connectivity index (χ1v) is 9.55. The van der Waals surface area contributed by atoms with Gasteiger partial charge in [-0.25, -0.2) is 4.39 Å². The van der Waals surface area contributed by atoms with Crippen molar-refractivity contribution in [1.82, 2.24) is 5.32 Å². The maximum absolute atomic E-state index is 13.1. The number of rotatable bonds is 8. The number of hydrogen-bond acceptors (Lipinski definition) is 4. The smallest absolute Gasteiger partial charge is 0.123 e. The highest BCUT2D eigenvalue weighted by molar-refractivity contribution is 5.26. The first-order valence-electron chi connectivity index (χ1n) is 9.55. The summed E-state index contributed by atoms with van der Waals surface area (Å²) in [6.07, 6.45) is 1.34. The Labute approximate surface area is 160 Å². The molecule has 1 aliphatic rings. The minimum atomic E-state index is -0.556. The molecular weight excluding hydrogens is 345 g/mol. The van der Waals surface area contributed by atoms with Gasteiger partial charge in [0.15, 0.2) is 0 Å². The normalized spacial score (nSPS) is 21.0. The van der Waals surface area contributed by atoms with E-state index in [2.05, 4.69) is 5.32 Å². The zero-order valence-corrected chi connectivity index (χ0v) is 15.7. The third kappa shape index (κ3) is 6.31. The van der Waals surface area contributed by atoms with Crippen molar-refractivity contribution in [3.8, 4) is 5.75 Å². The zero-order chi connectivity index (χ0) is 19.1. The SMILES string of the molecule is Cc1ccc(OCC(O)CNCC2CCOC(c3ccc(F)cc3)C2)cc1. The van der Waals surface area contributed by atoms with Gasteiger partial charge in [0.2, 0.25) is 0 Å². The van der Waals surface area contributed by atoms with Crippen LogP contribution < -0.4 is 10.1 Å². The molecule has 0 amide bonds. The molecule has 3 unspecified atom stereocenters. The summed E-state index contributed by atoms with van der Waals surface area (Å²) in [6, 6.07) is 14.3. The van der Waals surface area contributed by atoms with Crippen molar-refractivity contribution in [3.63, 3.8) is 0 Å². The summed E-state index contributed by atoms with van der Waals surface area (Å²) < 4.78 is 24.5. The van der Waals surface area contributed by atoms with Crippen LogP contribution in [-0.2, 0) is 4.74 Å². The predicted molar refractivity (Wildman–Crippen MR) is 103 cm³/mol. The molecule has 146 valence electrons. The molecule has 2 N–H and O–H groups in total. The number of hydrogen-bond donors (Lipinski definition) is 2. The number of ether oxygens (including phenoxy) is 2. The van der Waals surface area contributed by atoms with Crippen LogP contribution in [0.4, 0.5) is 4.39 Å². The van der Waals surface area contributed by atoms with Crippen molar-refractivity contribution in [2.24, 2.45) is 5.92 Å². The number of aryl methyl sites for hydroxylation is 1. The first-order chi connectivity index (χ1) is 13.1. The molecule has 3 rings (SSSR count). The minimum absolute atomic E-state index is 0.0148. The van der Waals surface area contributed by atoms with E-state index in [1.165, 1.54) is 17.7 Å². The Hall–Kier alpha value is -1.95. The zero-order valence-electron chi connectivity index (χ0n) is 15.7. The van der Waals surface area contributed by atoms with Gasteiger partial charge in [-0.05, 0) is 62.1 Å². The number of nitrogens with one attached hydrogen (secondary N) is 1. The molecule has 0 saturated carbocycles. The second kappa shape index (κ2) is 9.83. The van der Waals surface area contributed by atoms with E-state index in [-0.39, 0.29) is 18.5 Å². The van der Waals surface area contributed by atoms with Crippen LogP contribution in [0.15, 0.2) is 48.5 Å². The molecule has 2 aromatic rings. The summed E-state index contributed by atoms with van der Waals surface area (Å²) >= 11 is 0. The van der Waals surface area contributed by atoms with E-state index >= 15 is 0 Å². The van der Waals surface area contributed by atoms with Crippen molar-refractivity contribution < 1.29 is 19.0 Å². The maximum atomic E-state index is 13.1. The van der Waals surface area contributed by atoms with Gasteiger partial charge in [0.25, 0.3) is 0 Å². The molecule has 0 radical (unpaired) electrons. The van der Waals surface area contributed by atoms with Crippen LogP contribution in [0.2, 0.25) is 0 Å². The third-order valence-electron chi connectivity index (χ3n) is 4.91. The Bertz CT molecular complexity index is 690. The molecule has 4 nitrogen and oxygen atoms in total. The van der Waals surface area contributed by atoms with Crippen molar-refractivity contribution in [2.75, 3.05) is 26.3 Å². The highest BCUT2D eigenvalue weighted by Crippen LogP contribution is 2.31. The largest absolute Gasteiger partial charge is 0.491 e. The fraction of sp³-hybridized carbons (Fsp3) is 0.455. The van der Waals surface area contributed by atoms with Crippen LogP contribution in [0, 0.1) is 18.7 Å². The first kappa shape index (κ1) is 19.8. The lowest BCUT2D eigenvalue weighted by Gasteiger charge is -2.30. The van der Waals surface area contributed by atoms with Crippen LogP contribution in [0.1, 0.15) is 30.1 Å². The Kier molecular flexibility index (Phi) is 7.21. The van der Waals surface area contributed by atoms with E-state index in [1.807, 2.05) is 31.2 Å². The van der Waals surface area contributed by atoms with Crippen LogP contribution in [-0.4, -0.2) is 37.5 Å². The molecule has 1 aliphatic heterocycles. The van der Waals surface area contributed by atoms with Gasteiger partial charge in [-0.1, -0.05) is 29.8 Å². The summed E-state index contributed by atoms with van der Waals surface area (Å²) in [7, 11) is 0. The standard InChI is InChI=1S/C22H28FNO3/c1-16-2-8-21(9-3-16)27-15-20(25)14-24-13-17-10-11-26-22(12-17)18-4-6-19(23)7-5-18/h2-9,17,20,22,24-25H,10-15H2,1H3. The van der Waals surface area contributed by atoms with E-state index in [0.717, 1.165) is 30.7 Å². The summed E-state index contributed by atoms with van der Waals surface area (Å²) in [6.45, 7) is 4.31. The highest BCUT2D eigenvalue weighted by atomic mass is 19.1. The second-order valence-electron chi connectivity index (χ2n) is 7.24. The number of halogens is 1. The lowest BCUT2D eigenvalue weighted by Crippen LogP contribution is -2.36. The van der Waals surface area contributed by atoms with Crippen molar-refractivity contribution in [2.45, 2.75) is 32.0 Å². The average Bonchev–Trinajstić information content (AvgIpc) is 2.68. The Morgan fingerprint density at radius 3 is 2.67 bits per heavy atom. The molecule has 0 spiro atoms. The van der Waals surface area contributed by atoms with Gasteiger partial charge in [0, 0.05) is 13.2 Å². The van der Waals surface area contributed by atoms with Crippen LogP contribution >= 0.6 is 0 Å². The molecule has 27 heavy (non-hydrogen) atoms. The lowest BCUT2D eigenvalue weighted by molar-refractivity contribution is -0.0107. The highest BCUT2D eigenvalue weighted by Gasteiger charge is 2.23. The molecule has 1 saturated heterocycles. The number of aliphatic hydroxyl groups is 1. The summed E-state index contributed by atoms with van der Waals surface area (Å²) in [4.78, 5) is 0. The van der Waals surface area contributed by atoms with Crippen molar-refractivity contribution >= 4 is 0 Å². The summed E-state index contributed by atoms with van der Waals surface area (Å²) in [5.74, 6) is 1.01. The van der Waals surface area contributed by atoms with Gasteiger partial charge >= 0.3 is 0 Å². The van der Waals surface area contributed by atoms with Gasteiger partial charge in [0.1, 0.15) is 24.3 Å². The molecule has 1 fully saturated rings. The van der Waals surface area contributed by atoms with Crippen molar-refractivity contribution in [1.29, 1.82) is 0 Å². The maximum Gasteiger partial charge on any atom is 0.123 e. The van der Waals surface area contributed by atoms with Gasteiger partial charge in [-0.3, -0.25) is 0 Å². The van der Waals surface area contributed by atoms with E-state index in [0.29, 0.717) is 19.1 Å². The predicted octanol–water partition coefficient (Wildman–Crippen LogP) is 3.63. The number of aliphatic hydroxyl groups excluding tert-OH is 1. The Morgan fingerprint density at radius 1 is 1.19 bits per heavy atom. The van der Waals surface area contributed by atoms with Crippen LogP contribution in [0.3, 0.4) is 0 Å². The van der Waals surface area contributed by atoms with E-state index in [1.54, 1.807) is 12.1 Å².